The number of aryl methyl sites for hydroxylation is 1. The van der Waals surface area contributed by atoms with Gasteiger partial charge in [0.2, 0.25) is 0 Å². The summed E-state index contributed by atoms with van der Waals surface area (Å²) >= 11 is 0. The number of hydrogen-bond donors (Lipinski definition) is 0. The first-order chi connectivity index (χ1) is 13.3. The van der Waals surface area contributed by atoms with Crippen LogP contribution in [-0.4, -0.2) is 19.2 Å². The largest absolute Gasteiger partial charge is 0.496 e. The van der Waals surface area contributed by atoms with E-state index in [1.165, 1.54) is 12.0 Å². The summed E-state index contributed by atoms with van der Waals surface area (Å²) < 4.78 is 11.6. The van der Waals surface area contributed by atoms with Gasteiger partial charge in [-0.15, -0.1) is 0 Å². The van der Waals surface area contributed by atoms with Crippen molar-refractivity contribution in [3.8, 4) is 5.75 Å². The summed E-state index contributed by atoms with van der Waals surface area (Å²) in [5.74, 6) is 1.16. The van der Waals surface area contributed by atoms with Crippen molar-refractivity contribution in [2.75, 3.05) is 7.11 Å². The molecule has 0 bridgehead atoms. The monoisotopic (exact) mass is 380 g/mol. The molecule has 0 aromatic heterocycles. The highest BCUT2D eigenvalue weighted by atomic mass is 16.5. The van der Waals surface area contributed by atoms with Crippen LogP contribution in [0.4, 0.5) is 0 Å². The fourth-order valence-electron chi connectivity index (χ4n) is 4.65. The zero-order valence-electron chi connectivity index (χ0n) is 17.7. The third-order valence-electron chi connectivity index (χ3n) is 6.39. The summed E-state index contributed by atoms with van der Waals surface area (Å²) in [4.78, 5) is 13.1. The Kier molecular flexibility index (Phi) is 6.12. The minimum Gasteiger partial charge on any atom is -0.496 e. The summed E-state index contributed by atoms with van der Waals surface area (Å²) in [5, 5.41) is 0. The van der Waals surface area contributed by atoms with Gasteiger partial charge in [-0.05, 0) is 48.3 Å². The van der Waals surface area contributed by atoms with Crippen molar-refractivity contribution < 1.29 is 14.3 Å². The van der Waals surface area contributed by atoms with Gasteiger partial charge in [0.05, 0.1) is 7.11 Å². The molecule has 1 aliphatic carbocycles. The number of benzene rings is 2. The summed E-state index contributed by atoms with van der Waals surface area (Å²) in [5.41, 5.74) is 2.68. The molecule has 0 spiro atoms. The summed E-state index contributed by atoms with van der Waals surface area (Å²) in [6.45, 7) is 8.74. The molecule has 3 atom stereocenters. The van der Waals surface area contributed by atoms with Crippen molar-refractivity contribution in [2.24, 2.45) is 11.8 Å². The molecule has 1 aliphatic rings. The van der Waals surface area contributed by atoms with Crippen LogP contribution >= 0.6 is 0 Å². The Hall–Kier alpha value is -2.29. The summed E-state index contributed by atoms with van der Waals surface area (Å²) in [6, 6.07) is 16.2. The molecule has 0 heterocycles. The van der Waals surface area contributed by atoms with Crippen molar-refractivity contribution >= 4 is 5.97 Å². The van der Waals surface area contributed by atoms with E-state index in [0.29, 0.717) is 17.2 Å². The summed E-state index contributed by atoms with van der Waals surface area (Å²) in [6.07, 6.45) is 3.03. The predicted octanol–water partition coefficient (Wildman–Crippen LogP) is 5.94. The Morgan fingerprint density at radius 3 is 2.43 bits per heavy atom. The molecular formula is C25H32O3. The van der Waals surface area contributed by atoms with E-state index >= 15 is 0 Å². The standard InChI is InChI=1S/C25H32O3/c1-17-14-15-21(25(3,4)19-11-7-6-8-12-19)22(16-17)28-24(26)20-13-9-10-18(2)23(20)27-5/h6-13,17,21-22H,14-16H2,1-5H3/t17-,21-,22-/m1/s1. The van der Waals surface area contributed by atoms with E-state index in [9.17, 15) is 4.79 Å². The number of hydrogen-bond acceptors (Lipinski definition) is 3. The van der Waals surface area contributed by atoms with Gasteiger partial charge < -0.3 is 9.47 Å². The lowest BCUT2D eigenvalue weighted by Gasteiger charge is -2.44. The Morgan fingerprint density at radius 1 is 1.04 bits per heavy atom. The van der Waals surface area contributed by atoms with Gasteiger partial charge >= 0.3 is 5.97 Å². The van der Waals surface area contributed by atoms with Gasteiger partial charge in [-0.2, -0.15) is 0 Å². The fourth-order valence-corrected chi connectivity index (χ4v) is 4.65. The van der Waals surface area contributed by atoms with E-state index in [-0.39, 0.29) is 23.4 Å². The summed E-state index contributed by atoms with van der Waals surface area (Å²) in [7, 11) is 1.60. The molecule has 1 fully saturated rings. The second kappa shape index (κ2) is 8.38. The first-order valence-electron chi connectivity index (χ1n) is 10.2. The molecule has 28 heavy (non-hydrogen) atoms. The number of methoxy groups -OCH3 is 1. The van der Waals surface area contributed by atoms with Crippen molar-refractivity contribution in [2.45, 2.75) is 58.5 Å². The van der Waals surface area contributed by atoms with Gasteiger partial charge in [0, 0.05) is 5.92 Å². The highest BCUT2D eigenvalue weighted by Gasteiger charge is 2.42. The highest BCUT2D eigenvalue weighted by Crippen LogP contribution is 2.44. The molecule has 2 aromatic carbocycles. The van der Waals surface area contributed by atoms with Crippen molar-refractivity contribution in [3.63, 3.8) is 0 Å². The van der Waals surface area contributed by atoms with E-state index in [0.717, 1.165) is 18.4 Å². The molecule has 0 radical (unpaired) electrons. The zero-order valence-corrected chi connectivity index (χ0v) is 17.7. The lowest BCUT2D eigenvalue weighted by Crippen LogP contribution is -2.43. The van der Waals surface area contributed by atoms with Crippen molar-refractivity contribution in [1.82, 2.24) is 0 Å². The maximum atomic E-state index is 13.1. The van der Waals surface area contributed by atoms with Crippen molar-refractivity contribution in [3.05, 3.63) is 65.2 Å². The average molecular weight is 381 g/mol. The second-order valence-corrected chi connectivity index (χ2v) is 8.71. The smallest absolute Gasteiger partial charge is 0.342 e. The minimum absolute atomic E-state index is 0.0664. The van der Waals surface area contributed by atoms with E-state index in [2.05, 4.69) is 45.0 Å². The number of esters is 1. The van der Waals surface area contributed by atoms with Crippen LogP contribution in [0.3, 0.4) is 0 Å². The highest BCUT2D eigenvalue weighted by molar-refractivity contribution is 5.93. The number of para-hydroxylation sites is 1. The number of ether oxygens (including phenoxy) is 2. The third-order valence-corrected chi connectivity index (χ3v) is 6.39. The molecule has 3 rings (SSSR count). The topological polar surface area (TPSA) is 35.5 Å². The van der Waals surface area contributed by atoms with Gasteiger partial charge in [0.15, 0.2) is 0 Å². The SMILES string of the molecule is COc1c(C)cccc1C(=O)O[C@@H]1C[C@H](C)CC[C@H]1C(C)(C)c1ccccc1. The Bertz CT molecular complexity index is 810. The molecule has 0 N–H and O–H groups in total. The predicted molar refractivity (Wildman–Crippen MR) is 113 cm³/mol. The van der Waals surface area contributed by atoms with Crippen LogP contribution in [-0.2, 0) is 10.2 Å². The molecule has 0 unspecified atom stereocenters. The Balaban J connectivity index is 1.87. The van der Waals surface area contributed by atoms with Gasteiger partial charge in [-0.25, -0.2) is 4.79 Å². The van der Waals surface area contributed by atoms with E-state index in [4.69, 9.17) is 9.47 Å². The van der Waals surface area contributed by atoms with Crippen molar-refractivity contribution in [1.29, 1.82) is 0 Å². The first kappa shape index (κ1) is 20.4. The normalized spacial score (nSPS) is 22.5. The van der Waals surface area contributed by atoms with Crippen LogP contribution in [0.15, 0.2) is 48.5 Å². The maximum absolute atomic E-state index is 13.1. The molecule has 1 saturated carbocycles. The van der Waals surface area contributed by atoms with E-state index in [1.54, 1.807) is 13.2 Å². The average Bonchev–Trinajstić information content (AvgIpc) is 2.68. The lowest BCUT2D eigenvalue weighted by molar-refractivity contribution is -0.0238. The molecule has 0 aliphatic heterocycles. The number of carbonyl (C=O) groups is 1. The third kappa shape index (κ3) is 4.09. The molecule has 2 aromatic rings. The van der Waals surface area contributed by atoms with Crippen LogP contribution in [0.2, 0.25) is 0 Å². The second-order valence-electron chi connectivity index (χ2n) is 8.71. The maximum Gasteiger partial charge on any atom is 0.342 e. The van der Waals surface area contributed by atoms with Gasteiger partial charge in [0.25, 0.3) is 0 Å². The molecule has 150 valence electrons. The first-order valence-corrected chi connectivity index (χ1v) is 10.2. The van der Waals surface area contributed by atoms with Crippen LogP contribution in [0.25, 0.3) is 0 Å². The quantitative estimate of drug-likeness (QED) is 0.602. The Morgan fingerprint density at radius 2 is 1.75 bits per heavy atom. The molecule has 3 nitrogen and oxygen atoms in total. The molecule has 0 amide bonds. The molecule has 0 saturated heterocycles. The van der Waals surface area contributed by atoms with Gasteiger partial charge in [-0.3, -0.25) is 0 Å². The fraction of sp³-hybridized carbons (Fsp3) is 0.480. The molecular weight excluding hydrogens is 348 g/mol. The van der Waals surface area contributed by atoms with Gasteiger partial charge in [-0.1, -0.05) is 69.7 Å². The minimum atomic E-state index is -0.284. The lowest BCUT2D eigenvalue weighted by atomic mass is 9.64. The number of carbonyl (C=O) groups excluding carboxylic acids is 1. The van der Waals surface area contributed by atoms with Crippen LogP contribution in [0.5, 0.6) is 5.75 Å². The van der Waals surface area contributed by atoms with Crippen LogP contribution in [0.1, 0.15) is 61.5 Å². The van der Waals surface area contributed by atoms with Crippen LogP contribution < -0.4 is 4.74 Å². The van der Waals surface area contributed by atoms with Crippen LogP contribution in [0, 0.1) is 18.8 Å². The number of rotatable bonds is 5. The Labute approximate surface area is 169 Å². The molecule has 3 heteroatoms. The van der Waals surface area contributed by atoms with E-state index < -0.39 is 0 Å². The zero-order chi connectivity index (χ0) is 20.3. The van der Waals surface area contributed by atoms with E-state index in [1.807, 2.05) is 25.1 Å². The van der Waals surface area contributed by atoms with Gasteiger partial charge in [0.1, 0.15) is 17.4 Å².